The Hall–Kier alpha value is -0.740. The van der Waals surface area contributed by atoms with E-state index in [9.17, 15) is 0 Å². The molecule has 2 aromatic heterocycles. The topological polar surface area (TPSA) is 25.8 Å². The van der Waals surface area contributed by atoms with Gasteiger partial charge in [0.25, 0.3) is 0 Å². The van der Waals surface area contributed by atoms with Gasteiger partial charge in [0.2, 0.25) is 0 Å². The molecule has 0 aliphatic heterocycles. The van der Waals surface area contributed by atoms with Crippen molar-refractivity contribution in [3.63, 3.8) is 0 Å². The van der Waals surface area contributed by atoms with Crippen molar-refractivity contribution in [2.45, 2.75) is 0 Å². The van der Waals surface area contributed by atoms with E-state index in [0.717, 1.165) is 5.01 Å². The first-order valence-electron chi connectivity index (χ1n) is 2.77. The molecule has 2 rings (SSSR count). The minimum absolute atomic E-state index is 1.01. The maximum atomic E-state index is 4.08. The van der Waals surface area contributed by atoms with E-state index in [4.69, 9.17) is 0 Å². The Kier molecular flexibility index (Phi) is 1.49. The summed E-state index contributed by atoms with van der Waals surface area (Å²) >= 11 is 3.12. The molecule has 4 heteroatoms. The highest BCUT2D eigenvalue weighted by atomic mass is 32.1. The highest BCUT2D eigenvalue weighted by Crippen LogP contribution is 2.24. The van der Waals surface area contributed by atoms with E-state index >= 15 is 0 Å². The van der Waals surface area contributed by atoms with Gasteiger partial charge in [-0.05, 0) is 23.0 Å². The largest absolute Gasteiger partial charge is 0.222 e. The molecular formula is C6H4N2S2. The van der Waals surface area contributed by atoms with Gasteiger partial charge in [-0.15, -0.1) is 11.3 Å². The molecule has 0 unspecified atom stereocenters. The quantitative estimate of drug-likeness (QED) is 0.652. The van der Waals surface area contributed by atoms with Crippen molar-refractivity contribution in [3.8, 4) is 9.88 Å². The van der Waals surface area contributed by atoms with Crippen LogP contribution in [0.5, 0.6) is 0 Å². The Labute approximate surface area is 66.3 Å². The number of hydrogen-bond acceptors (Lipinski definition) is 4. The summed E-state index contributed by atoms with van der Waals surface area (Å²) in [7, 11) is 0. The lowest BCUT2D eigenvalue weighted by molar-refractivity contribution is 1.34. The minimum Gasteiger partial charge on any atom is -0.222 e. The van der Waals surface area contributed by atoms with Crippen LogP contribution in [-0.4, -0.2) is 9.36 Å². The second kappa shape index (κ2) is 2.48. The Morgan fingerprint density at radius 1 is 1.40 bits per heavy atom. The molecule has 2 aromatic rings. The summed E-state index contributed by atoms with van der Waals surface area (Å²) in [5.74, 6) is 0. The molecule has 0 spiro atoms. The molecule has 0 fully saturated rings. The molecule has 0 N–H and O–H groups in total. The van der Waals surface area contributed by atoms with Gasteiger partial charge in [0.15, 0.2) is 5.01 Å². The van der Waals surface area contributed by atoms with Gasteiger partial charge < -0.3 is 0 Å². The lowest BCUT2D eigenvalue weighted by atomic mass is 10.5. The number of thiophene rings is 1. The Morgan fingerprint density at radius 2 is 2.40 bits per heavy atom. The summed E-state index contributed by atoms with van der Waals surface area (Å²) in [6.45, 7) is 0. The third kappa shape index (κ3) is 0.955. The van der Waals surface area contributed by atoms with Crippen LogP contribution in [0.2, 0.25) is 0 Å². The van der Waals surface area contributed by atoms with Gasteiger partial charge in [-0.2, -0.15) is 4.37 Å². The maximum Gasteiger partial charge on any atom is 0.153 e. The molecular weight excluding hydrogens is 164 g/mol. The van der Waals surface area contributed by atoms with Crippen LogP contribution in [-0.2, 0) is 0 Å². The van der Waals surface area contributed by atoms with Crippen molar-refractivity contribution >= 4 is 22.9 Å². The molecule has 0 saturated carbocycles. The van der Waals surface area contributed by atoms with Crippen LogP contribution in [0.4, 0.5) is 0 Å². The van der Waals surface area contributed by atoms with Gasteiger partial charge in [-0.1, -0.05) is 6.07 Å². The Balaban J connectivity index is 2.48. The van der Waals surface area contributed by atoms with Crippen LogP contribution in [0.3, 0.4) is 0 Å². The third-order valence-electron chi connectivity index (χ3n) is 1.09. The van der Waals surface area contributed by atoms with Gasteiger partial charge in [0, 0.05) is 0 Å². The molecule has 0 aliphatic rings. The summed E-state index contributed by atoms with van der Waals surface area (Å²) in [5, 5.41) is 3.05. The van der Waals surface area contributed by atoms with Gasteiger partial charge in [0.1, 0.15) is 6.33 Å². The monoisotopic (exact) mass is 168 g/mol. The minimum atomic E-state index is 1.01. The van der Waals surface area contributed by atoms with Crippen molar-refractivity contribution in [2.75, 3.05) is 0 Å². The fourth-order valence-corrected chi connectivity index (χ4v) is 2.00. The molecule has 50 valence electrons. The van der Waals surface area contributed by atoms with E-state index in [1.807, 2.05) is 17.5 Å². The van der Waals surface area contributed by atoms with Crippen molar-refractivity contribution < 1.29 is 0 Å². The van der Waals surface area contributed by atoms with E-state index in [1.54, 1.807) is 17.7 Å². The Morgan fingerprint density at radius 3 is 3.00 bits per heavy atom. The second-order valence-corrected chi connectivity index (χ2v) is 3.45. The average Bonchev–Trinajstić information content (AvgIpc) is 2.59. The first kappa shape index (κ1) is 6.00. The van der Waals surface area contributed by atoms with Gasteiger partial charge in [-0.25, -0.2) is 4.98 Å². The van der Waals surface area contributed by atoms with E-state index < -0.39 is 0 Å². The molecule has 0 aromatic carbocycles. The maximum absolute atomic E-state index is 4.08. The van der Waals surface area contributed by atoms with Crippen LogP contribution in [0.25, 0.3) is 9.88 Å². The van der Waals surface area contributed by atoms with Crippen LogP contribution >= 0.6 is 22.9 Å². The molecule has 2 nitrogen and oxygen atoms in total. The normalized spacial score (nSPS) is 10.0. The van der Waals surface area contributed by atoms with Gasteiger partial charge in [-0.3, -0.25) is 0 Å². The fraction of sp³-hybridized carbons (Fsp3) is 0. The van der Waals surface area contributed by atoms with Crippen LogP contribution in [0.15, 0.2) is 23.8 Å². The summed E-state index contributed by atoms with van der Waals surface area (Å²) in [6, 6.07) is 4.06. The van der Waals surface area contributed by atoms with E-state index in [2.05, 4.69) is 9.36 Å². The van der Waals surface area contributed by atoms with Crippen molar-refractivity contribution in [2.24, 2.45) is 0 Å². The van der Waals surface area contributed by atoms with E-state index in [0.29, 0.717) is 0 Å². The SMILES string of the molecule is c1csc(-c2ncns2)c1. The number of hydrogen-bond donors (Lipinski definition) is 0. The van der Waals surface area contributed by atoms with E-state index in [-0.39, 0.29) is 0 Å². The second-order valence-electron chi connectivity index (χ2n) is 1.72. The zero-order valence-electron chi connectivity index (χ0n) is 5.02. The summed E-state index contributed by atoms with van der Waals surface area (Å²) in [5.41, 5.74) is 0. The summed E-state index contributed by atoms with van der Waals surface area (Å²) in [4.78, 5) is 5.27. The lowest BCUT2D eigenvalue weighted by Gasteiger charge is -1.81. The number of rotatable bonds is 1. The molecule has 0 bridgehead atoms. The van der Waals surface area contributed by atoms with Crippen molar-refractivity contribution in [1.29, 1.82) is 0 Å². The smallest absolute Gasteiger partial charge is 0.153 e. The molecule has 0 radical (unpaired) electrons. The number of aromatic nitrogens is 2. The average molecular weight is 168 g/mol. The first-order valence-corrected chi connectivity index (χ1v) is 4.42. The molecule has 0 amide bonds. The first-order chi connectivity index (χ1) is 4.97. The third-order valence-corrected chi connectivity index (χ3v) is 2.80. The van der Waals surface area contributed by atoms with E-state index in [1.165, 1.54) is 16.4 Å². The standard InChI is InChI=1S/C6H4N2S2/c1-2-5(9-3-1)6-7-4-8-10-6/h1-4H. The summed E-state index contributed by atoms with van der Waals surface area (Å²) in [6.07, 6.45) is 1.58. The van der Waals surface area contributed by atoms with Crippen molar-refractivity contribution in [1.82, 2.24) is 9.36 Å². The Bertz CT molecular complexity index is 253. The predicted octanol–water partition coefficient (Wildman–Crippen LogP) is 2.27. The highest BCUT2D eigenvalue weighted by molar-refractivity contribution is 7.18. The van der Waals surface area contributed by atoms with Crippen LogP contribution in [0.1, 0.15) is 0 Å². The summed E-state index contributed by atoms with van der Waals surface area (Å²) < 4.78 is 3.92. The number of nitrogens with zero attached hydrogens (tertiary/aromatic N) is 2. The lowest BCUT2D eigenvalue weighted by Crippen LogP contribution is -1.63. The zero-order chi connectivity index (χ0) is 6.81. The zero-order valence-corrected chi connectivity index (χ0v) is 6.65. The molecule has 0 aliphatic carbocycles. The van der Waals surface area contributed by atoms with Gasteiger partial charge >= 0.3 is 0 Å². The molecule has 10 heavy (non-hydrogen) atoms. The van der Waals surface area contributed by atoms with Crippen LogP contribution in [0, 0.1) is 0 Å². The predicted molar refractivity (Wildman–Crippen MR) is 43.2 cm³/mol. The molecule has 0 atom stereocenters. The van der Waals surface area contributed by atoms with Crippen molar-refractivity contribution in [3.05, 3.63) is 23.8 Å². The van der Waals surface area contributed by atoms with Crippen LogP contribution < -0.4 is 0 Å². The molecule has 0 saturated heterocycles. The van der Waals surface area contributed by atoms with Gasteiger partial charge in [0.05, 0.1) is 4.88 Å². The molecule has 2 heterocycles. The fourth-order valence-electron chi connectivity index (χ4n) is 0.682. The highest BCUT2D eigenvalue weighted by Gasteiger charge is 1.99.